The van der Waals surface area contributed by atoms with Gasteiger partial charge in [0.05, 0.1) is 5.69 Å². The zero-order chi connectivity index (χ0) is 21.1. The molecule has 148 valence electrons. The van der Waals surface area contributed by atoms with Crippen LogP contribution in [0.1, 0.15) is 32.1 Å². The van der Waals surface area contributed by atoms with Crippen LogP contribution in [0.15, 0.2) is 48.5 Å². The van der Waals surface area contributed by atoms with E-state index in [1.807, 2.05) is 26.0 Å². The molecule has 1 heterocycles. The minimum Gasteiger partial charge on any atom is -0.320 e. The summed E-state index contributed by atoms with van der Waals surface area (Å²) in [6.07, 6.45) is 0. The number of hydrogen-bond acceptors (Lipinski definition) is 3. The molecule has 0 fully saturated rings. The summed E-state index contributed by atoms with van der Waals surface area (Å²) in [4.78, 5) is 28.7. The minimum absolute atomic E-state index is 0.0385. The number of amides is 2. The number of nitrogens with zero attached hydrogens (tertiary/aromatic N) is 1. The highest BCUT2D eigenvalue weighted by molar-refractivity contribution is 6.06. The van der Waals surface area contributed by atoms with Gasteiger partial charge >= 0.3 is 0 Å². The predicted molar refractivity (Wildman–Crippen MR) is 102 cm³/mol. The average molecular weight is 399 g/mol. The van der Waals surface area contributed by atoms with E-state index in [2.05, 4.69) is 15.6 Å². The number of benzene rings is 2. The molecule has 0 bridgehead atoms. The Bertz CT molecular complexity index is 1120. The zero-order valence-corrected chi connectivity index (χ0v) is 15.5. The van der Waals surface area contributed by atoms with E-state index in [1.165, 1.54) is 18.2 Å². The van der Waals surface area contributed by atoms with Crippen LogP contribution in [0.25, 0.3) is 0 Å². The molecule has 0 saturated carbocycles. The Balaban J connectivity index is 1.79. The van der Waals surface area contributed by atoms with Gasteiger partial charge in [-0.2, -0.15) is 0 Å². The molecule has 1 aromatic heterocycles. The van der Waals surface area contributed by atoms with Crippen LogP contribution in [-0.2, 0) is 0 Å². The molecule has 0 aliphatic rings. The number of aromatic nitrogens is 1. The first kappa shape index (κ1) is 20.1. The maximum atomic E-state index is 13.7. The molecule has 0 atom stereocenters. The standard InChI is InChI=1S/C21H16F3N3O2/c1-11-6-8-14(12(2)10-11)26-20(28)16-4-3-5-17(25-16)21(29)27-15-9-7-13(22)18(23)19(15)24/h3-10H,1-2H3,(H,26,28)(H,27,29). The van der Waals surface area contributed by atoms with Gasteiger partial charge in [-0.25, -0.2) is 18.2 Å². The summed E-state index contributed by atoms with van der Waals surface area (Å²) in [6.45, 7) is 3.77. The molecular weight excluding hydrogens is 383 g/mol. The number of nitrogens with one attached hydrogen (secondary N) is 2. The van der Waals surface area contributed by atoms with Crippen molar-refractivity contribution in [3.63, 3.8) is 0 Å². The number of halogens is 3. The van der Waals surface area contributed by atoms with Gasteiger partial charge in [0.1, 0.15) is 11.4 Å². The van der Waals surface area contributed by atoms with Crippen LogP contribution in [0.5, 0.6) is 0 Å². The smallest absolute Gasteiger partial charge is 0.274 e. The van der Waals surface area contributed by atoms with Gasteiger partial charge in [-0.3, -0.25) is 9.59 Å². The minimum atomic E-state index is -1.70. The van der Waals surface area contributed by atoms with E-state index in [9.17, 15) is 22.8 Å². The summed E-state index contributed by atoms with van der Waals surface area (Å²) in [5.41, 5.74) is 1.73. The lowest BCUT2D eigenvalue weighted by Crippen LogP contribution is -2.19. The maximum Gasteiger partial charge on any atom is 0.274 e. The van der Waals surface area contributed by atoms with Crippen molar-refractivity contribution < 1.29 is 22.8 Å². The number of rotatable bonds is 4. The summed E-state index contributed by atoms with van der Waals surface area (Å²) < 4.78 is 40.1. The first-order valence-electron chi connectivity index (χ1n) is 8.57. The molecule has 0 saturated heterocycles. The van der Waals surface area contributed by atoms with Gasteiger partial charge in [0.25, 0.3) is 11.8 Å². The van der Waals surface area contributed by atoms with Crippen LogP contribution in [0.4, 0.5) is 24.5 Å². The topological polar surface area (TPSA) is 71.1 Å². The first-order chi connectivity index (χ1) is 13.8. The van der Waals surface area contributed by atoms with E-state index < -0.39 is 35.0 Å². The third-order valence-corrected chi connectivity index (χ3v) is 4.13. The maximum absolute atomic E-state index is 13.7. The number of anilines is 2. The van der Waals surface area contributed by atoms with Crippen molar-refractivity contribution in [3.05, 3.63) is 88.5 Å². The Morgan fingerprint density at radius 3 is 2.00 bits per heavy atom. The van der Waals surface area contributed by atoms with E-state index in [1.54, 1.807) is 6.07 Å². The van der Waals surface area contributed by atoms with Crippen molar-refractivity contribution in [1.29, 1.82) is 0 Å². The Labute approximate surface area is 164 Å². The zero-order valence-electron chi connectivity index (χ0n) is 15.5. The second kappa shape index (κ2) is 8.14. The molecule has 0 aliphatic heterocycles. The lowest BCUT2D eigenvalue weighted by Gasteiger charge is -2.10. The second-order valence-electron chi connectivity index (χ2n) is 6.36. The molecule has 8 heteroatoms. The molecule has 0 unspecified atom stereocenters. The van der Waals surface area contributed by atoms with Crippen molar-refractivity contribution in [3.8, 4) is 0 Å². The molecule has 2 N–H and O–H groups in total. The van der Waals surface area contributed by atoms with Gasteiger partial charge in [0.2, 0.25) is 0 Å². The van der Waals surface area contributed by atoms with Crippen molar-refractivity contribution in [2.45, 2.75) is 13.8 Å². The number of aryl methyl sites for hydroxylation is 2. The third kappa shape index (κ3) is 4.43. The molecule has 5 nitrogen and oxygen atoms in total. The number of carbonyl (C=O) groups is 2. The molecule has 2 aromatic carbocycles. The normalized spacial score (nSPS) is 10.5. The molecule has 0 aliphatic carbocycles. The average Bonchev–Trinajstić information content (AvgIpc) is 2.70. The lowest BCUT2D eigenvalue weighted by molar-refractivity contribution is 0.101. The Morgan fingerprint density at radius 2 is 1.38 bits per heavy atom. The summed E-state index contributed by atoms with van der Waals surface area (Å²) in [7, 11) is 0. The van der Waals surface area contributed by atoms with E-state index >= 15 is 0 Å². The van der Waals surface area contributed by atoms with Gasteiger partial charge in [-0.05, 0) is 49.7 Å². The van der Waals surface area contributed by atoms with Gasteiger partial charge in [-0.15, -0.1) is 0 Å². The highest BCUT2D eigenvalue weighted by atomic mass is 19.2. The second-order valence-corrected chi connectivity index (χ2v) is 6.36. The lowest BCUT2D eigenvalue weighted by atomic mass is 10.1. The molecule has 0 radical (unpaired) electrons. The number of hydrogen-bond donors (Lipinski definition) is 2. The molecule has 3 aromatic rings. The summed E-state index contributed by atoms with van der Waals surface area (Å²) >= 11 is 0. The quantitative estimate of drug-likeness (QED) is 0.629. The Hall–Kier alpha value is -3.68. The van der Waals surface area contributed by atoms with Gasteiger partial charge in [0.15, 0.2) is 17.5 Å². The van der Waals surface area contributed by atoms with Crippen LogP contribution in [0.2, 0.25) is 0 Å². The van der Waals surface area contributed by atoms with Crippen LogP contribution in [-0.4, -0.2) is 16.8 Å². The molecular formula is C21H16F3N3O2. The largest absolute Gasteiger partial charge is 0.320 e. The van der Waals surface area contributed by atoms with Crippen molar-refractivity contribution in [1.82, 2.24) is 4.98 Å². The monoisotopic (exact) mass is 399 g/mol. The fourth-order valence-electron chi connectivity index (χ4n) is 2.64. The van der Waals surface area contributed by atoms with Crippen LogP contribution < -0.4 is 10.6 Å². The van der Waals surface area contributed by atoms with Crippen molar-refractivity contribution in [2.24, 2.45) is 0 Å². The van der Waals surface area contributed by atoms with Gasteiger partial charge < -0.3 is 10.6 Å². The van der Waals surface area contributed by atoms with E-state index in [0.29, 0.717) is 11.8 Å². The highest BCUT2D eigenvalue weighted by Crippen LogP contribution is 2.20. The molecule has 29 heavy (non-hydrogen) atoms. The summed E-state index contributed by atoms with van der Waals surface area (Å²) in [6, 6.07) is 11.2. The molecule has 0 spiro atoms. The van der Waals surface area contributed by atoms with E-state index in [-0.39, 0.29) is 11.4 Å². The van der Waals surface area contributed by atoms with Crippen LogP contribution in [0, 0.1) is 31.3 Å². The fourth-order valence-corrected chi connectivity index (χ4v) is 2.64. The van der Waals surface area contributed by atoms with Gasteiger partial charge in [-0.1, -0.05) is 23.8 Å². The summed E-state index contributed by atoms with van der Waals surface area (Å²) in [5, 5.41) is 4.82. The Kier molecular flexibility index (Phi) is 5.63. The van der Waals surface area contributed by atoms with E-state index in [0.717, 1.165) is 17.2 Å². The van der Waals surface area contributed by atoms with Crippen LogP contribution in [0.3, 0.4) is 0 Å². The van der Waals surface area contributed by atoms with Crippen molar-refractivity contribution in [2.75, 3.05) is 10.6 Å². The van der Waals surface area contributed by atoms with Gasteiger partial charge in [0, 0.05) is 5.69 Å². The predicted octanol–water partition coefficient (Wildman–Crippen LogP) is 4.62. The SMILES string of the molecule is Cc1ccc(NC(=O)c2cccc(C(=O)Nc3ccc(F)c(F)c3F)n2)c(C)c1. The fraction of sp³-hybridized carbons (Fsp3) is 0.0952. The first-order valence-corrected chi connectivity index (χ1v) is 8.57. The number of carbonyl (C=O) groups excluding carboxylic acids is 2. The summed E-state index contributed by atoms with van der Waals surface area (Å²) in [5.74, 6) is -6.01. The third-order valence-electron chi connectivity index (χ3n) is 4.13. The van der Waals surface area contributed by atoms with Crippen molar-refractivity contribution >= 4 is 23.2 Å². The highest BCUT2D eigenvalue weighted by Gasteiger charge is 2.18. The van der Waals surface area contributed by atoms with E-state index in [4.69, 9.17) is 0 Å². The Morgan fingerprint density at radius 1 is 0.793 bits per heavy atom. The van der Waals surface area contributed by atoms with Crippen LogP contribution >= 0.6 is 0 Å². The molecule has 2 amide bonds. The molecule has 3 rings (SSSR count). The number of pyridine rings is 1.